The van der Waals surface area contributed by atoms with Crippen LogP contribution in [0.2, 0.25) is 0 Å². The molecule has 0 unspecified atom stereocenters. The molecule has 9 nitrogen and oxygen atoms in total. The number of likely N-dealkylation sites (N-methyl/N-ethyl adjacent to an activating group) is 1. The number of benzene rings is 1. The van der Waals surface area contributed by atoms with E-state index in [2.05, 4.69) is 25.5 Å². The molecule has 3 aromatic rings. The number of amides is 1. The molecule has 9 heteroatoms. The van der Waals surface area contributed by atoms with Crippen LogP contribution in [0.5, 0.6) is 0 Å². The summed E-state index contributed by atoms with van der Waals surface area (Å²) in [6, 6.07) is 7.14. The van der Waals surface area contributed by atoms with Gasteiger partial charge in [0.05, 0.1) is 23.4 Å². The number of carbonyl (C=O) groups excluding carboxylic acids is 1. The van der Waals surface area contributed by atoms with Gasteiger partial charge in [-0.2, -0.15) is 0 Å². The lowest BCUT2D eigenvalue weighted by molar-refractivity contribution is -0.132. The Bertz CT molecular complexity index is 1010. The summed E-state index contributed by atoms with van der Waals surface area (Å²) in [5, 5.41) is 12.2. The van der Waals surface area contributed by atoms with E-state index in [1.165, 1.54) is 0 Å². The topological polar surface area (TPSA) is 110 Å². The lowest BCUT2D eigenvalue weighted by atomic mass is 10.0. The Hall–Kier alpha value is -3.10. The summed E-state index contributed by atoms with van der Waals surface area (Å²) in [6.07, 6.45) is 2.59. The van der Waals surface area contributed by atoms with Gasteiger partial charge in [0.2, 0.25) is 5.91 Å². The third kappa shape index (κ3) is 2.96. The maximum Gasteiger partial charge on any atom is 0.258 e. The number of rotatable bonds is 3. The number of hydrogen-bond acceptors (Lipinski definition) is 6. The fourth-order valence-corrected chi connectivity index (χ4v) is 3.37. The van der Waals surface area contributed by atoms with Crippen LogP contribution < -0.4 is 5.56 Å². The highest BCUT2D eigenvalue weighted by molar-refractivity contribution is 5.82. The van der Waals surface area contributed by atoms with Crippen molar-refractivity contribution in [2.24, 2.45) is 0 Å². The average molecular weight is 353 g/mol. The molecular weight excluding hydrogens is 334 g/mol. The SMILES string of the molecule is CN(Cc1nc2ccccc2c(=O)[nH]1)C(=O)[C@@H]1CCCCn2nnnc21. The predicted molar refractivity (Wildman–Crippen MR) is 93.2 cm³/mol. The number of carbonyl (C=O) groups is 1. The van der Waals surface area contributed by atoms with Crippen LogP contribution in [0.1, 0.15) is 36.8 Å². The standard InChI is InChI=1S/C17H19N7O2/c1-23(10-14-18-13-8-3-2-6-11(13)16(25)19-14)17(26)12-7-4-5-9-24-15(12)20-21-22-24/h2-3,6,8,12H,4-5,7,9-10H2,1H3,(H,18,19,25)/t12-/m1/s1. The van der Waals surface area contributed by atoms with Crippen LogP contribution in [0.25, 0.3) is 10.9 Å². The Balaban J connectivity index is 1.58. The lowest BCUT2D eigenvalue weighted by Gasteiger charge is -2.21. The predicted octanol–water partition coefficient (Wildman–Crippen LogP) is 0.836. The monoisotopic (exact) mass is 353 g/mol. The van der Waals surface area contributed by atoms with Gasteiger partial charge in [-0.15, -0.1) is 5.10 Å². The highest BCUT2D eigenvalue weighted by Crippen LogP contribution is 2.26. The van der Waals surface area contributed by atoms with Gasteiger partial charge < -0.3 is 9.88 Å². The van der Waals surface area contributed by atoms with E-state index in [1.54, 1.807) is 34.8 Å². The van der Waals surface area contributed by atoms with Crippen molar-refractivity contribution in [2.75, 3.05) is 7.05 Å². The first-order valence-electron chi connectivity index (χ1n) is 8.62. The average Bonchev–Trinajstić information content (AvgIpc) is 3.00. The molecule has 1 aliphatic rings. The van der Waals surface area contributed by atoms with Gasteiger partial charge in [-0.1, -0.05) is 18.6 Å². The molecule has 0 aliphatic carbocycles. The summed E-state index contributed by atoms with van der Waals surface area (Å²) in [6.45, 7) is 0.951. The van der Waals surface area contributed by atoms with Crippen LogP contribution in [0.4, 0.5) is 0 Å². The van der Waals surface area contributed by atoms with Crippen LogP contribution in [-0.4, -0.2) is 48.0 Å². The maximum absolute atomic E-state index is 13.0. The van der Waals surface area contributed by atoms with E-state index in [-0.39, 0.29) is 23.9 Å². The van der Waals surface area contributed by atoms with Crippen molar-refractivity contribution in [2.45, 2.75) is 38.3 Å². The number of nitrogens with zero attached hydrogens (tertiary/aromatic N) is 6. The number of aromatic nitrogens is 6. The molecular formula is C17H19N7O2. The minimum absolute atomic E-state index is 0.0706. The van der Waals surface area contributed by atoms with Gasteiger partial charge in [-0.05, 0) is 35.4 Å². The Morgan fingerprint density at radius 2 is 2.19 bits per heavy atom. The minimum atomic E-state index is -0.371. The maximum atomic E-state index is 13.0. The van der Waals surface area contributed by atoms with Gasteiger partial charge in [0.15, 0.2) is 5.82 Å². The second kappa shape index (κ2) is 6.66. The molecule has 134 valence electrons. The minimum Gasteiger partial charge on any atom is -0.338 e. The molecule has 0 saturated heterocycles. The number of hydrogen-bond donors (Lipinski definition) is 1. The van der Waals surface area contributed by atoms with Gasteiger partial charge in [0.25, 0.3) is 5.56 Å². The van der Waals surface area contributed by atoms with Crippen LogP contribution >= 0.6 is 0 Å². The second-order valence-electron chi connectivity index (χ2n) is 6.53. The molecule has 3 heterocycles. The van der Waals surface area contributed by atoms with Gasteiger partial charge >= 0.3 is 0 Å². The Kier molecular flexibility index (Phi) is 4.19. The highest BCUT2D eigenvalue weighted by atomic mass is 16.2. The fraction of sp³-hybridized carbons (Fsp3) is 0.412. The van der Waals surface area contributed by atoms with E-state index in [4.69, 9.17) is 0 Å². The molecule has 0 saturated carbocycles. The number of tetrazole rings is 1. The molecule has 1 aromatic carbocycles. The normalized spacial score (nSPS) is 16.9. The number of aryl methyl sites for hydroxylation is 1. The van der Waals surface area contributed by atoms with E-state index < -0.39 is 0 Å². The van der Waals surface area contributed by atoms with Gasteiger partial charge in [-0.3, -0.25) is 9.59 Å². The molecule has 26 heavy (non-hydrogen) atoms. The molecule has 0 spiro atoms. The molecule has 0 fully saturated rings. The molecule has 1 atom stereocenters. The fourth-order valence-electron chi connectivity index (χ4n) is 3.37. The quantitative estimate of drug-likeness (QED) is 0.747. The molecule has 1 amide bonds. The zero-order chi connectivity index (χ0) is 18.1. The number of nitrogens with one attached hydrogen (secondary N) is 1. The first-order chi connectivity index (χ1) is 12.6. The summed E-state index contributed by atoms with van der Waals surface area (Å²) in [7, 11) is 1.70. The van der Waals surface area contributed by atoms with Crippen molar-refractivity contribution < 1.29 is 4.79 Å². The van der Waals surface area contributed by atoms with E-state index >= 15 is 0 Å². The summed E-state index contributed by atoms with van der Waals surface area (Å²) in [5.41, 5.74) is 0.412. The number of H-pyrrole nitrogens is 1. The third-order valence-corrected chi connectivity index (χ3v) is 4.71. The van der Waals surface area contributed by atoms with Crippen molar-refractivity contribution in [3.05, 3.63) is 46.3 Å². The number of aromatic amines is 1. The zero-order valence-corrected chi connectivity index (χ0v) is 14.4. The summed E-state index contributed by atoms with van der Waals surface area (Å²) in [4.78, 5) is 34.0. The van der Waals surface area contributed by atoms with Crippen molar-refractivity contribution in [1.29, 1.82) is 0 Å². The molecule has 0 bridgehead atoms. The van der Waals surface area contributed by atoms with Crippen LogP contribution in [-0.2, 0) is 17.9 Å². The molecule has 0 radical (unpaired) electrons. The van der Waals surface area contributed by atoms with Crippen LogP contribution in [0, 0.1) is 0 Å². The molecule has 1 N–H and O–H groups in total. The Morgan fingerprint density at radius 3 is 3.08 bits per heavy atom. The molecule has 4 rings (SSSR count). The van der Waals surface area contributed by atoms with E-state index in [0.29, 0.717) is 29.0 Å². The summed E-state index contributed by atoms with van der Waals surface area (Å²) < 4.78 is 1.71. The Morgan fingerprint density at radius 1 is 1.35 bits per heavy atom. The van der Waals surface area contributed by atoms with Gasteiger partial charge in [-0.25, -0.2) is 9.67 Å². The molecule has 1 aliphatic heterocycles. The van der Waals surface area contributed by atoms with Crippen LogP contribution in [0.3, 0.4) is 0 Å². The van der Waals surface area contributed by atoms with E-state index in [1.807, 2.05) is 6.07 Å². The summed E-state index contributed by atoms with van der Waals surface area (Å²) >= 11 is 0. The first kappa shape index (κ1) is 16.4. The van der Waals surface area contributed by atoms with Crippen molar-refractivity contribution in [3.8, 4) is 0 Å². The van der Waals surface area contributed by atoms with Gasteiger partial charge in [0, 0.05) is 13.6 Å². The zero-order valence-electron chi connectivity index (χ0n) is 14.4. The largest absolute Gasteiger partial charge is 0.338 e. The smallest absolute Gasteiger partial charge is 0.258 e. The van der Waals surface area contributed by atoms with Crippen molar-refractivity contribution in [1.82, 2.24) is 35.1 Å². The van der Waals surface area contributed by atoms with Gasteiger partial charge in [0.1, 0.15) is 5.82 Å². The highest BCUT2D eigenvalue weighted by Gasteiger charge is 2.30. The first-order valence-corrected chi connectivity index (χ1v) is 8.62. The second-order valence-corrected chi connectivity index (χ2v) is 6.53. The summed E-state index contributed by atoms with van der Waals surface area (Å²) in [5.74, 6) is 0.625. The van der Waals surface area contributed by atoms with Crippen molar-refractivity contribution >= 4 is 16.8 Å². The van der Waals surface area contributed by atoms with Crippen molar-refractivity contribution in [3.63, 3.8) is 0 Å². The third-order valence-electron chi connectivity index (χ3n) is 4.71. The Labute approximate surface area is 149 Å². The van der Waals surface area contributed by atoms with E-state index in [9.17, 15) is 9.59 Å². The number of para-hydroxylation sites is 1. The number of fused-ring (bicyclic) bond motifs is 2. The van der Waals surface area contributed by atoms with E-state index in [0.717, 1.165) is 19.4 Å². The van der Waals surface area contributed by atoms with Crippen LogP contribution in [0.15, 0.2) is 29.1 Å². The molecule has 2 aromatic heterocycles. The lowest BCUT2D eigenvalue weighted by Crippen LogP contribution is -2.33.